The molecule has 0 aliphatic heterocycles. The normalized spacial score (nSPS) is 13.2. The molecule has 1 nitrogen and oxygen atoms in total. The summed E-state index contributed by atoms with van der Waals surface area (Å²) in [6, 6.07) is 62.0. The summed E-state index contributed by atoms with van der Waals surface area (Å²) in [6.45, 7) is 0. The topological polar surface area (TPSA) is 3.24 Å². The minimum Gasteiger partial charge on any atom is -0.310 e. The number of rotatable bonds is 4. The summed E-state index contributed by atoms with van der Waals surface area (Å²) in [5, 5.41) is 0. The minimum atomic E-state index is -0.406. The van der Waals surface area contributed by atoms with Gasteiger partial charge in [0.25, 0.3) is 0 Å². The van der Waals surface area contributed by atoms with Crippen molar-refractivity contribution in [2.24, 2.45) is 0 Å². The molecule has 2 heteroatoms. The van der Waals surface area contributed by atoms with Crippen LogP contribution in [0.4, 0.5) is 17.1 Å². The Labute approximate surface area is 272 Å². The Kier molecular flexibility index (Phi) is 5.94. The van der Waals surface area contributed by atoms with Crippen molar-refractivity contribution in [3.8, 4) is 33.4 Å². The van der Waals surface area contributed by atoms with Crippen molar-refractivity contribution >= 4 is 33.0 Å². The maximum atomic E-state index is 3.83. The van der Waals surface area contributed by atoms with Crippen LogP contribution in [0.15, 0.2) is 174 Å². The molecule has 1 spiro atoms. The van der Waals surface area contributed by atoms with Crippen molar-refractivity contribution in [1.29, 1.82) is 0 Å². The number of nitrogens with zero attached hydrogens (tertiary/aromatic N) is 1. The number of hydrogen-bond donors (Lipinski definition) is 0. The summed E-state index contributed by atoms with van der Waals surface area (Å²) in [5.74, 6) is 0. The summed E-state index contributed by atoms with van der Waals surface area (Å²) >= 11 is 3.83. The van der Waals surface area contributed by atoms with Crippen LogP contribution in [0.25, 0.3) is 33.4 Å². The highest BCUT2D eigenvalue weighted by Gasteiger charge is 2.51. The Hall–Kier alpha value is -5.18. The van der Waals surface area contributed by atoms with Crippen LogP contribution in [0.5, 0.6) is 0 Å². The van der Waals surface area contributed by atoms with E-state index in [4.69, 9.17) is 0 Å². The molecule has 0 atom stereocenters. The SMILES string of the molecule is Brc1ccc2c(c1)C1(c3ccccc3-c3ccccc31)c1cc(N(c3ccccc3)c3ccc(-c4ccccc4)cc3)ccc1-2. The number of anilines is 3. The highest BCUT2D eigenvalue weighted by atomic mass is 79.9. The van der Waals surface area contributed by atoms with Crippen molar-refractivity contribution in [3.05, 3.63) is 197 Å². The van der Waals surface area contributed by atoms with Gasteiger partial charge in [0.05, 0.1) is 5.41 Å². The molecule has 2 aliphatic carbocycles. The van der Waals surface area contributed by atoms with Gasteiger partial charge in [-0.2, -0.15) is 0 Å². The molecule has 7 aromatic rings. The van der Waals surface area contributed by atoms with E-state index in [9.17, 15) is 0 Å². The fourth-order valence-electron chi connectivity index (χ4n) is 7.70. The molecule has 7 aromatic carbocycles. The summed E-state index contributed by atoms with van der Waals surface area (Å²) < 4.78 is 1.10. The lowest BCUT2D eigenvalue weighted by molar-refractivity contribution is 0.793. The van der Waals surface area contributed by atoms with Crippen LogP contribution in [-0.4, -0.2) is 0 Å². The molecule has 0 bridgehead atoms. The second kappa shape index (κ2) is 10.2. The van der Waals surface area contributed by atoms with E-state index in [0.717, 1.165) is 21.5 Å². The van der Waals surface area contributed by atoms with Gasteiger partial charge in [0.15, 0.2) is 0 Å². The summed E-state index contributed by atoms with van der Waals surface area (Å²) in [4.78, 5) is 2.38. The molecule has 0 saturated carbocycles. The number of fused-ring (bicyclic) bond motifs is 10. The number of halogens is 1. The van der Waals surface area contributed by atoms with Crippen molar-refractivity contribution in [2.45, 2.75) is 5.41 Å². The zero-order chi connectivity index (χ0) is 30.0. The fourth-order valence-corrected chi connectivity index (χ4v) is 8.06. The van der Waals surface area contributed by atoms with Gasteiger partial charge < -0.3 is 4.90 Å². The average molecular weight is 639 g/mol. The molecule has 0 radical (unpaired) electrons. The van der Waals surface area contributed by atoms with E-state index in [2.05, 4.69) is 191 Å². The van der Waals surface area contributed by atoms with Gasteiger partial charge in [-0.25, -0.2) is 0 Å². The molecule has 45 heavy (non-hydrogen) atoms. The summed E-state index contributed by atoms with van der Waals surface area (Å²) in [6.07, 6.45) is 0. The van der Waals surface area contributed by atoms with Crippen molar-refractivity contribution in [3.63, 3.8) is 0 Å². The molecule has 9 rings (SSSR count). The first kappa shape index (κ1) is 26.2. The maximum absolute atomic E-state index is 3.83. The highest BCUT2D eigenvalue weighted by molar-refractivity contribution is 9.10. The first-order chi connectivity index (χ1) is 22.2. The molecular formula is C43H28BrN. The van der Waals surface area contributed by atoms with E-state index in [1.165, 1.54) is 55.6 Å². The Balaban J connectivity index is 1.29. The van der Waals surface area contributed by atoms with Crippen molar-refractivity contribution < 1.29 is 0 Å². The fraction of sp³-hybridized carbons (Fsp3) is 0.0233. The number of para-hydroxylation sites is 1. The molecule has 0 unspecified atom stereocenters. The van der Waals surface area contributed by atoms with Crippen LogP contribution in [0, 0.1) is 0 Å². The monoisotopic (exact) mass is 637 g/mol. The van der Waals surface area contributed by atoms with Gasteiger partial charge in [-0.3, -0.25) is 0 Å². The molecule has 0 aromatic heterocycles. The van der Waals surface area contributed by atoms with E-state index in [1.54, 1.807) is 0 Å². The van der Waals surface area contributed by atoms with Crippen LogP contribution in [0.1, 0.15) is 22.3 Å². The Morgan fingerprint density at radius 1 is 0.356 bits per heavy atom. The first-order valence-electron chi connectivity index (χ1n) is 15.4. The number of benzene rings is 7. The van der Waals surface area contributed by atoms with Gasteiger partial charge in [-0.1, -0.05) is 137 Å². The highest BCUT2D eigenvalue weighted by Crippen LogP contribution is 2.63. The minimum absolute atomic E-state index is 0.406. The lowest BCUT2D eigenvalue weighted by Gasteiger charge is -2.32. The third kappa shape index (κ3) is 3.86. The van der Waals surface area contributed by atoms with Gasteiger partial charge in [-0.15, -0.1) is 0 Å². The van der Waals surface area contributed by atoms with E-state index in [-0.39, 0.29) is 0 Å². The molecule has 0 N–H and O–H groups in total. The summed E-state index contributed by atoms with van der Waals surface area (Å²) in [7, 11) is 0. The molecule has 0 fully saturated rings. The predicted molar refractivity (Wildman–Crippen MR) is 191 cm³/mol. The van der Waals surface area contributed by atoms with Gasteiger partial charge in [0, 0.05) is 21.5 Å². The number of hydrogen-bond acceptors (Lipinski definition) is 1. The molecule has 0 heterocycles. The van der Waals surface area contributed by atoms with Crippen LogP contribution in [0.2, 0.25) is 0 Å². The average Bonchev–Trinajstić information content (AvgIpc) is 3.56. The largest absolute Gasteiger partial charge is 0.310 e. The van der Waals surface area contributed by atoms with Crippen LogP contribution < -0.4 is 4.90 Å². The lowest BCUT2D eigenvalue weighted by Crippen LogP contribution is -2.26. The third-order valence-corrected chi connectivity index (χ3v) is 10.0. The molecule has 0 saturated heterocycles. The third-order valence-electron chi connectivity index (χ3n) is 9.54. The quantitative estimate of drug-likeness (QED) is 0.185. The van der Waals surface area contributed by atoms with E-state index >= 15 is 0 Å². The van der Waals surface area contributed by atoms with Gasteiger partial charge >= 0.3 is 0 Å². The lowest BCUT2D eigenvalue weighted by atomic mass is 9.70. The first-order valence-corrected chi connectivity index (χ1v) is 16.2. The van der Waals surface area contributed by atoms with Crippen LogP contribution in [0.3, 0.4) is 0 Å². The van der Waals surface area contributed by atoms with Crippen LogP contribution >= 0.6 is 15.9 Å². The molecule has 212 valence electrons. The molecule has 0 amide bonds. The zero-order valence-corrected chi connectivity index (χ0v) is 26.1. The van der Waals surface area contributed by atoms with Gasteiger partial charge in [0.1, 0.15) is 0 Å². The summed E-state index contributed by atoms with van der Waals surface area (Å²) in [5.41, 5.74) is 16.0. The van der Waals surface area contributed by atoms with Crippen molar-refractivity contribution in [1.82, 2.24) is 0 Å². The molecular weight excluding hydrogens is 610 g/mol. The van der Waals surface area contributed by atoms with Gasteiger partial charge in [-0.05, 0) is 104 Å². The Morgan fingerprint density at radius 3 is 1.49 bits per heavy atom. The van der Waals surface area contributed by atoms with E-state index in [1.807, 2.05) is 0 Å². The van der Waals surface area contributed by atoms with E-state index in [0.29, 0.717) is 0 Å². The van der Waals surface area contributed by atoms with Gasteiger partial charge in [0.2, 0.25) is 0 Å². The van der Waals surface area contributed by atoms with Crippen molar-refractivity contribution in [2.75, 3.05) is 4.90 Å². The smallest absolute Gasteiger partial charge is 0.0726 e. The van der Waals surface area contributed by atoms with E-state index < -0.39 is 5.41 Å². The predicted octanol–water partition coefficient (Wildman–Crippen LogP) is 11.9. The standard InChI is InChI=1S/C43H28BrN/c44-31-21-25-37-38-26-24-34(45(32-13-5-2-6-14-32)33-22-19-30(20-23-33)29-11-3-1-4-12-29)28-42(38)43(41(37)27-31)39-17-9-7-15-35(39)36-16-8-10-18-40(36)43/h1-28H. The second-order valence-electron chi connectivity index (χ2n) is 11.8. The zero-order valence-electron chi connectivity index (χ0n) is 24.5. The maximum Gasteiger partial charge on any atom is 0.0726 e. The Morgan fingerprint density at radius 2 is 0.822 bits per heavy atom. The van der Waals surface area contributed by atoms with Crippen LogP contribution in [-0.2, 0) is 5.41 Å². The Bertz CT molecular complexity index is 2170. The second-order valence-corrected chi connectivity index (χ2v) is 12.8. The molecule has 2 aliphatic rings.